The SMILES string of the molecule is CNc1cc(C(=O)NC(C)(C)CC(C)(C)C)cc(Cl)n1. The summed E-state index contributed by atoms with van der Waals surface area (Å²) in [6.07, 6.45) is 0.878. The van der Waals surface area contributed by atoms with Crippen LogP contribution in [0.3, 0.4) is 0 Å². The molecule has 1 rings (SSSR count). The number of nitrogens with zero attached hydrogens (tertiary/aromatic N) is 1. The van der Waals surface area contributed by atoms with Gasteiger partial charge in [-0.05, 0) is 37.8 Å². The Hall–Kier alpha value is -1.29. The summed E-state index contributed by atoms with van der Waals surface area (Å²) in [6, 6.07) is 3.26. The number of pyridine rings is 1. The summed E-state index contributed by atoms with van der Waals surface area (Å²) in [5.41, 5.74) is 0.365. The Kier molecular flexibility index (Phi) is 5.03. The van der Waals surface area contributed by atoms with E-state index in [1.807, 2.05) is 13.8 Å². The monoisotopic (exact) mass is 297 g/mol. The van der Waals surface area contributed by atoms with Crippen molar-refractivity contribution in [3.8, 4) is 0 Å². The van der Waals surface area contributed by atoms with Crippen molar-refractivity contribution in [2.45, 2.75) is 46.6 Å². The second kappa shape index (κ2) is 6.00. The van der Waals surface area contributed by atoms with Gasteiger partial charge in [0.05, 0.1) is 0 Å². The van der Waals surface area contributed by atoms with Crippen LogP contribution in [0.4, 0.5) is 5.82 Å². The summed E-state index contributed by atoms with van der Waals surface area (Å²) in [5, 5.41) is 6.24. The summed E-state index contributed by atoms with van der Waals surface area (Å²) >= 11 is 5.92. The molecule has 0 atom stereocenters. The average molecular weight is 298 g/mol. The van der Waals surface area contributed by atoms with Crippen molar-refractivity contribution in [1.29, 1.82) is 0 Å². The fraction of sp³-hybridized carbons (Fsp3) is 0.600. The van der Waals surface area contributed by atoms with E-state index in [1.165, 1.54) is 0 Å². The van der Waals surface area contributed by atoms with Gasteiger partial charge < -0.3 is 10.6 Å². The lowest BCUT2D eigenvalue weighted by atomic mass is 9.81. The first-order valence-electron chi connectivity index (χ1n) is 6.70. The van der Waals surface area contributed by atoms with Gasteiger partial charge in [0.25, 0.3) is 5.91 Å². The number of hydrogen-bond acceptors (Lipinski definition) is 3. The molecule has 112 valence electrons. The van der Waals surface area contributed by atoms with E-state index >= 15 is 0 Å². The molecule has 0 saturated carbocycles. The Balaban J connectivity index is 2.88. The van der Waals surface area contributed by atoms with Crippen molar-refractivity contribution < 1.29 is 4.79 Å². The van der Waals surface area contributed by atoms with Crippen molar-refractivity contribution in [3.63, 3.8) is 0 Å². The largest absolute Gasteiger partial charge is 0.373 e. The molecule has 20 heavy (non-hydrogen) atoms. The number of hydrogen-bond donors (Lipinski definition) is 2. The highest BCUT2D eigenvalue weighted by Crippen LogP contribution is 2.27. The summed E-state index contributed by atoms with van der Waals surface area (Å²) in [5.74, 6) is 0.441. The van der Waals surface area contributed by atoms with E-state index in [4.69, 9.17) is 11.6 Å². The number of anilines is 1. The van der Waals surface area contributed by atoms with Gasteiger partial charge in [-0.15, -0.1) is 0 Å². The summed E-state index contributed by atoms with van der Waals surface area (Å²) in [7, 11) is 1.74. The third-order valence-electron chi connectivity index (χ3n) is 2.74. The Labute approximate surface area is 126 Å². The summed E-state index contributed by atoms with van der Waals surface area (Å²) in [4.78, 5) is 16.4. The lowest BCUT2D eigenvalue weighted by Gasteiger charge is -2.33. The highest BCUT2D eigenvalue weighted by atomic mass is 35.5. The fourth-order valence-corrected chi connectivity index (χ4v) is 2.71. The molecule has 1 heterocycles. The van der Waals surface area contributed by atoms with Crippen molar-refractivity contribution in [3.05, 3.63) is 22.8 Å². The highest BCUT2D eigenvalue weighted by molar-refractivity contribution is 6.29. The maximum absolute atomic E-state index is 12.3. The average Bonchev–Trinajstić information content (AvgIpc) is 2.23. The minimum Gasteiger partial charge on any atom is -0.373 e. The van der Waals surface area contributed by atoms with Gasteiger partial charge in [-0.2, -0.15) is 0 Å². The number of nitrogens with one attached hydrogen (secondary N) is 2. The van der Waals surface area contributed by atoms with E-state index in [2.05, 4.69) is 36.4 Å². The van der Waals surface area contributed by atoms with Crippen LogP contribution in [0.1, 0.15) is 51.4 Å². The maximum atomic E-state index is 12.3. The molecule has 0 spiro atoms. The molecule has 0 aliphatic carbocycles. The zero-order valence-electron chi connectivity index (χ0n) is 13.1. The minimum absolute atomic E-state index is 0.139. The van der Waals surface area contributed by atoms with Crippen molar-refractivity contribution >= 4 is 23.3 Å². The Bertz CT molecular complexity index is 492. The topological polar surface area (TPSA) is 54.0 Å². The van der Waals surface area contributed by atoms with Gasteiger partial charge in [0, 0.05) is 18.2 Å². The Morgan fingerprint density at radius 1 is 1.25 bits per heavy atom. The molecule has 0 radical (unpaired) electrons. The van der Waals surface area contributed by atoms with Gasteiger partial charge in [0.15, 0.2) is 0 Å². The van der Waals surface area contributed by atoms with Crippen LogP contribution < -0.4 is 10.6 Å². The number of halogens is 1. The molecule has 0 fully saturated rings. The Morgan fingerprint density at radius 2 is 1.85 bits per heavy atom. The zero-order chi connectivity index (χ0) is 15.6. The van der Waals surface area contributed by atoms with E-state index in [0.717, 1.165) is 6.42 Å². The molecule has 1 aromatic rings. The number of aromatic nitrogens is 1. The van der Waals surface area contributed by atoms with Gasteiger partial charge in [-0.25, -0.2) is 4.98 Å². The van der Waals surface area contributed by atoms with Crippen LogP contribution in [-0.4, -0.2) is 23.5 Å². The van der Waals surface area contributed by atoms with Crippen LogP contribution in [-0.2, 0) is 0 Å². The molecule has 1 aromatic heterocycles. The van der Waals surface area contributed by atoms with Crippen LogP contribution in [0.2, 0.25) is 5.15 Å². The highest BCUT2D eigenvalue weighted by Gasteiger charge is 2.27. The molecular weight excluding hydrogens is 274 g/mol. The van der Waals surface area contributed by atoms with Crippen molar-refractivity contribution in [2.24, 2.45) is 5.41 Å². The molecule has 0 aliphatic heterocycles. The maximum Gasteiger partial charge on any atom is 0.251 e. The molecule has 0 unspecified atom stereocenters. The van der Waals surface area contributed by atoms with E-state index in [1.54, 1.807) is 19.2 Å². The van der Waals surface area contributed by atoms with E-state index in [-0.39, 0.29) is 16.9 Å². The van der Waals surface area contributed by atoms with Gasteiger partial charge >= 0.3 is 0 Å². The van der Waals surface area contributed by atoms with Gasteiger partial charge in [-0.1, -0.05) is 32.4 Å². The fourth-order valence-electron chi connectivity index (χ4n) is 2.51. The quantitative estimate of drug-likeness (QED) is 0.833. The molecular formula is C15H24ClN3O. The number of carbonyl (C=O) groups is 1. The molecule has 0 aromatic carbocycles. The third-order valence-corrected chi connectivity index (χ3v) is 2.93. The predicted octanol–water partition coefficient (Wildman–Crippen LogP) is 3.72. The first-order chi connectivity index (χ1) is 9.02. The molecule has 1 amide bonds. The zero-order valence-corrected chi connectivity index (χ0v) is 13.9. The number of rotatable bonds is 4. The summed E-state index contributed by atoms with van der Waals surface area (Å²) in [6.45, 7) is 10.5. The van der Waals surface area contributed by atoms with Gasteiger partial charge in [0.2, 0.25) is 0 Å². The number of carbonyl (C=O) groups excluding carboxylic acids is 1. The van der Waals surface area contributed by atoms with Crippen LogP contribution in [0.25, 0.3) is 0 Å². The molecule has 4 nitrogen and oxygen atoms in total. The molecule has 0 bridgehead atoms. The molecule has 0 aliphatic rings. The Morgan fingerprint density at radius 3 is 2.35 bits per heavy atom. The van der Waals surface area contributed by atoms with Crippen LogP contribution in [0, 0.1) is 5.41 Å². The van der Waals surface area contributed by atoms with Crippen molar-refractivity contribution in [2.75, 3.05) is 12.4 Å². The lowest BCUT2D eigenvalue weighted by molar-refractivity contribution is 0.0891. The normalized spacial score (nSPS) is 12.2. The van der Waals surface area contributed by atoms with E-state index < -0.39 is 0 Å². The second-order valence-electron chi connectivity index (χ2n) is 6.89. The lowest BCUT2D eigenvalue weighted by Crippen LogP contribution is -2.45. The standard InChI is InChI=1S/C15H24ClN3O/c1-14(2,3)9-15(4,5)19-13(20)10-7-11(16)18-12(8-10)17-6/h7-8H,9H2,1-6H3,(H,17,18)(H,19,20). The van der Waals surface area contributed by atoms with Gasteiger partial charge in [-0.3, -0.25) is 4.79 Å². The van der Waals surface area contributed by atoms with Crippen LogP contribution in [0.15, 0.2) is 12.1 Å². The first kappa shape index (κ1) is 16.8. The van der Waals surface area contributed by atoms with Crippen LogP contribution in [0.5, 0.6) is 0 Å². The predicted molar refractivity (Wildman–Crippen MR) is 84.4 cm³/mol. The van der Waals surface area contributed by atoms with Crippen molar-refractivity contribution in [1.82, 2.24) is 10.3 Å². The van der Waals surface area contributed by atoms with E-state index in [9.17, 15) is 4.79 Å². The van der Waals surface area contributed by atoms with Gasteiger partial charge in [0.1, 0.15) is 11.0 Å². The smallest absolute Gasteiger partial charge is 0.251 e. The second-order valence-corrected chi connectivity index (χ2v) is 7.28. The number of amides is 1. The minimum atomic E-state index is -0.287. The molecule has 5 heteroatoms. The third kappa shape index (κ3) is 5.37. The van der Waals surface area contributed by atoms with E-state index in [0.29, 0.717) is 16.5 Å². The molecule has 2 N–H and O–H groups in total. The van der Waals surface area contributed by atoms with Crippen LogP contribution >= 0.6 is 11.6 Å². The first-order valence-corrected chi connectivity index (χ1v) is 7.08. The molecule has 0 saturated heterocycles. The summed E-state index contributed by atoms with van der Waals surface area (Å²) < 4.78 is 0.